The summed E-state index contributed by atoms with van der Waals surface area (Å²) in [6.45, 7) is 3.09. The lowest BCUT2D eigenvalue weighted by atomic mass is 10.0. The van der Waals surface area contributed by atoms with Crippen molar-refractivity contribution in [1.82, 2.24) is 0 Å². The van der Waals surface area contributed by atoms with Gasteiger partial charge in [-0.15, -0.1) is 0 Å². The number of hydrogen-bond acceptors (Lipinski definition) is 3. The Bertz CT molecular complexity index is 1100. The third-order valence-electron chi connectivity index (χ3n) is 7.41. The molecule has 0 unspecified atom stereocenters. The van der Waals surface area contributed by atoms with Crippen LogP contribution in [0.4, 0.5) is 17.1 Å². The molecule has 0 N–H and O–H groups in total. The predicted octanol–water partition coefficient (Wildman–Crippen LogP) is 13.0. The van der Waals surface area contributed by atoms with Gasteiger partial charge in [-0.05, 0) is 67.1 Å². The van der Waals surface area contributed by atoms with E-state index in [2.05, 4.69) is 104 Å². The van der Waals surface area contributed by atoms with E-state index in [1.54, 1.807) is 0 Å². The van der Waals surface area contributed by atoms with Crippen LogP contribution in [-0.4, -0.2) is 6.61 Å². The Morgan fingerprint density at radius 2 is 1.05 bits per heavy atom. The van der Waals surface area contributed by atoms with Crippen LogP contribution in [0.1, 0.15) is 96.8 Å². The molecule has 39 heavy (non-hydrogen) atoms. The van der Waals surface area contributed by atoms with Gasteiger partial charge in [0.25, 0.3) is 0 Å². The Morgan fingerprint density at radius 3 is 1.54 bits per heavy atom. The van der Waals surface area contributed by atoms with Gasteiger partial charge in [-0.2, -0.15) is 0 Å². The highest BCUT2D eigenvalue weighted by molar-refractivity contribution is 9.10. The van der Waals surface area contributed by atoms with Crippen LogP contribution in [0.5, 0.6) is 5.75 Å². The first-order chi connectivity index (χ1) is 19.2. The van der Waals surface area contributed by atoms with Crippen molar-refractivity contribution < 1.29 is 4.74 Å². The molecule has 0 fully saturated rings. The lowest BCUT2D eigenvalue weighted by Crippen LogP contribution is -2.14. The van der Waals surface area contributed by atoms with E-state index in [0.717, 1.165) is 33.4 Å². The summed E-state index contributed by atoms with van der Waals surface area (Å²) in [5.74, 6) is 0.951. The summed E-state index contributed by atoms with van der Waals surface area (Å²) in [5, 5.41) is 0. The fourth-order valence-electron chi connectivity index (χ4n) is 5.21. The molecule has 0 radical (unpaired) electrons. The topological polar surface area (TPSA) is 12.5 Å². The highest BCUT2D eigenvalue weighted by Gasteiger charge is 2.25. The van der Waals surface area contributed by atoms with Gasteiger partial charge in [-0.25, -0.2) is 0 Å². The molecule has 1 heterocycles. The minimum absolute atomic E-state index is 0.797. The van der Waals surface area contributed by atoms with Gasteiger partial charge >= 0.3 is 0 Å². The van der Waals surface area contributed by atoms with Gasteiger partial charge in [0.2, 0.25) is 0 Å². The average Bonchev–Trinajstić information content (AvgIpc) is 2.94. The SMILES string of the molecule is CCCCCCCCCCCCCCCCOc1ccc(N2c3ccc(Br)cc3Sc3cc(Br)ccc32)cc1. The molecule has 0 spiro atoms. The normalized spacial score (nSPS) is 12.3. The molecule has 0 aliphatic carbocycles. The molecule has 3 aromatic rings. The molecule has 5 heteroatoms. The number of benzene rings is 3. The number of anilines is 3. The molecule has 1 aliphatic rings. The van der Waals surface area contributed by atoms with Crippen LogP contribution in [0.3, 0.4) is 0 Å². The summed E-state index contributed by atoms with van der Waals surface area (Å²) in [7, 11) is 0. The van der Waals surface area contributed by atoms with Crippen LogP contribution in [0.2, 0.25) is 0 Å². The minimum Gasteiger partial charge on any atom is -0.494 e. The van der Waals surface area contributed by atoms with E-state index in [-0.39, 0.29) is 0 Å². The Morgan fingerprint density at radius 1 is 0.590 bits per heavy atom. The first-order valence-corrected chi connectivity index (χ1v) is 17.4. The second kappa shape index (κ2) is 16.7. The van der Waals surface area contributed by atoms with E-state index in [4.69, 9.17) is 4.74 Å². The third kappa shape index (κ3) is 9.57. The van der Waals surface area contributed by atoms with E-state index < -0.39 is 0 Å². The van der Waals surface area contributed by atoms with E-state index in [9.17, 15) is 0 Å². The summed E-state index contributed by atoms with van der Waals surface area (Å²) >= 11 is 9.09. The quantitative estimate of drug-likeness (QED) is 0.104. The van der Waals surface area contributed by atoms with Gasteiger partial charge in [-0.3, -0.25) is 0 Å². The molecule has 0 saturated heterocycles. The van der Waals surface area contributed by atoms with Gasteiger partial charge in [0, 0.05) is 24.4 Å². The van der Waals surface area contributed by atoms with Gasteiger partial charge in [0.15, 0.2) is 0 Å². The summed E-state index contributed by atoms with van der Waals surface area (Å²) in [6, 6.07) is 21.6. The molecule has 0 amide bonds. The van der Waals surface area contributed by atoms with Crippen molar-refractivity contribution in [3.63, 3.8) is 0 Å². The number of unbranched alkanes of at least 4 members (excludes halogenated alkanes) is 13. The summed E-state index contributed by atoms with van der Waals surface area (Å²) in [6.07, 6.45) is 19.3. The molecule has 0 atom stereocenters. The molecule has 4 rings (SSSR count). The van der Waals surface area contributed by atoms with E-state index in [1.807, 2.05) is 11.8 Å². The largest absolute Gasteiger partial charge is 0.494 e. The second-order valence-electron chi connectivity index (χ2n) is 10.6. The van der Waals surface area contributed by atoms with Gasteiger partial charge in [0.1, 0.15) is 5.75 Å². The zero-order chi connectivity index (χ0) is 27.3. The maximum atomic E-state index is 6.09. The van der Waals surface area contributed by atoms with Crippen molar-refractivity contribution in [1.29, 1.82) is 0 Å². The third-order valence-corrected chi connectivity index (χ3v) is 9.49. The Hall–Kier alpha value is -1.43. The Balaban J connectivity index is 1.16. The van der Waals surface area contributed by atoms with Gasteiger partial charge in [0.05, 0.1) is 18.0 Å². The van der Waals surface area contributed by atoms with Gasteiger partial charge < -0.3 is 9.64 Å². The highest BCUT2D eigenvalue weighted by atomic mass is 79.9. The predicted molar refractivity (Wildman–Crippen MR) is 176 cm³/mol. The van der Waals surface area contributed by atoms with Crippen molar-refractivity contribution in [2.24, 2.45) is 0 Å². The fourth-order valence-corrected chi connectivity index (χ4v) is 7.38. The summed E-state index contributed by atoms with van der Waals surface area (Å²) < 4.78 is 8.28. The summed E-state index contributed by atoms with van der Waals surface area (Å²) in [5.41, 5.74) is 3.55. The maximum absolute atomic E-state index is 6.09. The van der Waals surface area contributed by atoms with E-state index >= 15 is 0 Å². The van der Waals surface area contributed by atoms with Crippen LogP contribution in [0.25, 0.3) is 0 Å². The number of nitrogens with zero attached hydrogens (tertiary/aromatic N) is 1. The average molecular weight is 674 g/mol. The van der Waals surface area contributed by atoms with Crippen molar-refractivity contribution in [3.05, 3.63) is 69.6 Å². The first kappa shape index (κ1) is 30.5. The van der Waals surface area contributed by atoms with Crippen LogP contribution in [-0.2, 0) is 0 Å². The van der Waals surface area contributed by atoms with Crippen molar-refractivity contribution in [3.8, 4) is 5.75 Å². The number of fused-ring (bicyclic) bond motifs is 2. The first-order valence-electron chi connectivity index (χ1n) is 15.0. The molecule has 0 aromatic heterocycles. The lowest BCUT2D eigenvalue weighted by Gasteiger charge is -2.33. The van der Waals surface area contributed by atoms with Crippen LogP contribution in [0, 0.1) is 0 Å². The van der Waals surface area contributed by atoms with Crippen molar-refractivity contribution in [2.75, 3.05) is 11.5 Å². The van der Waals surface area contributed by atoms with Crippen molar-refractivity contribution in [2.45, 2.75) is 107 Å². The summed E-state index contributed by atoms with van der Waals surface area (Å²) in [4.78, 5) is 4.83. The molecule has 3 aromatic carbocycles. The zero-order valence-electron chi connectivity index (χ0n) is 23.4. The minimum atomic E-state index is 0.797. The molecule has 0 saturated carbocycles. The fraction of sp³-hybridized carbons (Fsp3) is 0.471. The Labute approximate surface area is 257 Å². The Kier molecular flexibility index (Phi) is 13.1. The number of hydrogen-bond donors (Lipinski definition) is 0. The van der Waals surface area contributed by atoms with Crippen molar-refractivity contribution >= 4 is 60.7 Å². The molecule has 210 valence electrons. The van der Waals surface area contributed by atoms with E-state index in [0.29, 0.717) is 0 Å². The standard InChI is InChI=1S/C34H43Br2NOS/c1-2-3-4-5-6-7-8-9-10-11-12-13-14-15-24-38-30-20-18-29(19-21-30)37-31-22-16-27(35)25-33(31)39-34-26-28(36)17-23-32(34)37/h16-23,25-26H,2-15,24H2,1H3. The molecule has 0 bridgehead atoms. The number of ether oxygens (including phenoxy) is 1. The second-order valence-corrected chi connectivity index (χ2v) is 13.5. The maximum Gasteiger partial charge on any atom is 0.119 e. The van der Waals surface area contributed by atoms with E-state index in [1.165, 1.54) is 105 Å². The lowest BCUT2D eigenvalue weighted by molar-refractivity contribution is 0.304. The molecule has 1 aliphatic heterocycles. The molecular weight excluding hydrogens is 630 g/mol. The van der Waals surface area contributed by atoms with Crippen LogP contribution in [0.15, 0.2) is 79.4 Å². The van der Waals surface area contributed by atoms with Crippen LogP contribution < -0.4 is 9.64 Å². The molecular formula is C34H43Br2NOS. The number of halogens is 2. The van der Waals surface area contributed by atoms with Crippen LogP contribution >= 0.6 is 43.6 Å². The highest BCUT2D eigenvalue weighted by Crippen LogP contribution is 2.52. The molecule has 2 nitrogen and oxygen atoms in total. The zero-order valence-corrected chi connectivity index (χ0v) is 27.4. The van der Waals surface area contributed by atoms with Gasteiger partial charge in [-0.1, -0.05) is 134 Å². The monoisotopic (exact) mass is 671 g/mol. The smallest absolute Gasteiger partial charge is 0.119 e. The number of rotatable bonds is 17.